The predicted octanol–water partition coefficient (Wildman–Crippen LogP) is 1.27. The van der Waals surface area contributed by atoms with Crippen molar-refractivity contribution in [3.8, 4) is 0 Å². The summed E-state index contributed by atoms with van der Waals surface area (Å²) in [5.41, 5.74) is 2.70. The molecule has 2 aromatic heterocycles. The van der Waals surface area contributed by atoms with Crippen LogP contribution in [0.25, 0.3) is 5.52 Å². The van der Waals surface area contributed by atoms with Crippen molar-refractivity contribution >= 4 is 11.5 Å². The van der Waals surface area contributed by atoms with E-state index >= 15 is 0 Å². The van der Waals surface area contributed by atoms with E-state index in [1.54, 1.807) is 10.7 Å². The van der Waals surface area contributed by atoms with Gasteiger partial charge in [0.1, 0.15) is 0 Å². The standard InChI is InChI=1S/C10H10N2O2/c1-7-3-2-4-12-10(7)8(6-11-12)5-9(13)14/h2-4,6H,5H2,1H3,(H,13,14). The molecule has 14 heavy (non-hydrogen) atoms. The summed E-state index contributed by atoms with van der Waals surface area (Å²) in [7, 11) is 0. The Balaban J connectivity index is 2.61. The average Bonchev–Trinajstić information content (AvgIpc) is 2.49. The van der Waals surface area contributed by atoms with Crippen LogP contribution >= 0.6 is 0 Å². The highest BCUT2D eigenvalue weighted by Crippen LogP contribution is 2.15. The van der Waals surface area contributed by atoms with Gasteiger partial charge < -0.3 is 5.11 Å². The number of rotatable bonds is 2. The first kappa shape index (κ1) is 8.74. The summed E-state index contributed by atoms with van der Waals surface area (Å²) >= 11 is 0. The fraction of sp³-hybridized carbons (Fsp3) is 0.200. The van der Waals surface area contributed by atoms with Crippen LogP contribution in [0.15, 0.2) is 24.5 Å². The lowest BCUT2D eigenvalue weighted by Crippen LogP contribution is -2.00. The van der Waals surface area contributed by atoms with Gasteiger partial charge in [0.2, 0.25) is 0 Å². The van der Waals surface area contributed by atoms with E-state index in [1.807, 2.05) is 25.3 Å². The molecule has 1 N–H and O–H groups in total. The molecule has 0 aliphatic carbocycles. The van der Waals surface area contributed by atoms with Crippen molar-refractivity contribution in [3.63, 3.8) is 0 Å². The summed E-state index contributed by atoms with van der Waals surface area (Å²) in [4.78, 5) is 10.6. The van der Waals surface area contributed by atoms with Gasteiger partial charge in [0.05, 0.1) is 18.1 Å². The van der Waals surface area contributed by atoms with E-state index in [0.717, 1.165) is 16.6 Å². The first-order valence-electron chi connectivity index (χ1n) is 4.32. The van der Waals surface area contributed by atoms with Crippen molar-refractivity contribution in [3.05, 3.63) is 35.7 Å². The number of carbonyl (C=O) groups is 1. The Kier molecular flexibility index (Phi) is 1.96. The van der Waals surface area contributed by atoms with E-state index in [-0.39, 0.29) is 6.42 Å². The monoisotopic (exact) mass is 190 g/mol. The minimum atomic E-state index is -0.830. The zero-order valence-electron chi connectivity index (χ0n) is 7.77. The van der Waals surface area contributed by atoms with Crippen LogP contribution < -0.4 is 0 Å². The van der Waals surface area contributed by atoms with Crippen molar-refractivity contribution in [2.75, 3.05) is 0 Å². The molecule has 0 atom stereocenters. The number of carboxylic acid groups (broad SMARTS) is 1. The van der Waals surface area contributed by atoms with Crippen molar-refractivity contribution in [2.24, 2.45) is 0 Å². The molecular weight excluding hydrogens is 180 g/mol. The quantitative estimate of drug-likeness (QED) is 0.775. The zero-order valence-corrected chi connectivity index (χ0v) is 7.77. The van der Waals surface area contributed by atoms with Crippen LogP contribution in [0.3, 0.4) is 0 Å². The smallest absolute Gasteiger partial charge is 0.307 e. The molecule has 2 heterocycles. The molecular formula is C10H10N2O2. The van der Waals surface area contributed by atoms with Crippen molar-refractivity contribution in [2.45, 2.75) is 13.3 Å². The Morgan fingerprint density at radius 3 is 3.14 bits per heavy atom. The first-order valence-corrected chi connectivity index (χ1v) is 4.32. The minimum absolute atomic E-state index is 0.0222. The Morgan fingerprint density at radius 2 is 2.43 bits per heavy atom. The highest BCUT2D eigenvalue weighted by Gasteiger charge is 2.09. The van der Waals surface area contributed by atoms with Crippen LogP contribution in [0.2, 0.25) is 0 Å². The summed E-state index contributed by atoms with van der Waals surface area (Å²) in [5, 5.41) is 12.8. The Hall–Kier alpha value is -1.84. The zero-order chi connectivity index (χ0) is 10.1. The number of hydrogen-bond donors (Lipinski definition) is 1. The lowest BCUT2D eigenvalue weighted by molar-refractivity contribution is -0.136. The molecule has 2 aromatic rings. The largest absolute Gasteiger partial charge is 0.481 e. The molecule has 4 heteroatoms. The lowest BCUT2D eigenvalue weighted by atomic mass is 10.1. The summed E-state index contributed by atoms with van der Waals surface area (Å²) in [6, 6.07) is 3.84. The number of pyridine rings is 1. The van der Waals surface area contributed by atoms with Gasteiger partial charge in [-0.15, -0.1) is 0 Å². The first-order chi connectivity index (χ1) is 6.68. The topological polar surface area (TPSA) is 54.6 Å². The number of aryl methyl sites for hydroxylation is 1. The predicted molar refractivity (Wildman–Crippen MR) is 51.3 cm³/mol. The van der Waals surface area contributed by atoms with Crippen LogP contribution in [0.4, 0.5) is 0 Å². The van der Waals surface area contributed by atoms with Gasteiger partial charge in [0.15, 0.2) is 0 Å². The number of aliphatic carboxylic acids is 1. The second-order valence-corrected chi connectivity index (χ2v) is 3.22. The van der Waals surface area contributed by atoms with Gasteiger partial charge in [-0.05, 0) is 18.6 Å². The Labute approximate surface area is 80.8 Å². The molecule has 0 aliphatic rings. The van der Waals surface area contributed by atoms with Crippen LogP contribution in [0, 0.1) is 6.92 Å². The molecule has 2 rings (SSSR count). The number of fused-ring (bicyclic) bond motifs is 1. The summed E-state index contributed by atoms with van der Waals surface area (Å²) in [6.07, 6.45) is 3.44. The molecule has 0 saturated carbocycles. The van der Waals surface area contributed by atoms with Gasteiger partial charge in [-0.2, -0.15) is 5.10 Å². The van der Waals surface area contributed by atoms with Crippen LogP contribution in [0.1, 0.15) is 11.1 Å². The van der Waals surface area contributed by atoms with E-state index in [9.17, 15) is 4.79 Å². The lowest BCUT2D eigenvalue weighted by Gasteiger charge is -1.99. The molecule has 0 aromatic carbocycles. The molecule has 4 nitrogen and oxygen atoms in total. The van der Waals surface area contributed by atoms with E-state index in [1.165, 1.54) is 0 Å². The summed E-state index contributed by atoms with van der Waals surface area (Å²) in [5.74, 6) is -0.830. The molecule has 0 bridgehead atoms. The van der Waals surface area contributed by atoms with E-state index < -0.39 is 5.97 Å². The third-order valence-electron chi connectivity index (χ3n) is 2.16. The average molecular weight is 190 g/mol. The SMILES string of the molecule is Cc1cccn2ncc(CC(=O)O)c12. The number of hydrogen-bond acceptors (Lipinski definition) is 2. The fourth-order valence-electron chi connectivity index (χ4n) is 1.58. The van der Waals surface area contributed by atoms with Crippen molar-refractivity contribution in [1.82, 2.24) is 9.61 Å². The van der Waals surface area contributed by atoms with E-state index in [0.29, 0.717) is 0 Å². The van der Waals surface area contributed by atoms with E-state index in [4.69, 9.17) is 5.11 Å². The number of aromatic nitrogens is 2. The molecule has 0 amide bonds. The highest BCUT2D eigenvalue weighted by molar-refractivity contribution is 5.75. The molecule has 0 unspecified atom stereocenters. The number of nitrogens with zero attached hydrogens (tertiary/aromatic N) is 2. The van der Waals surface area contributed by atoms with Gasteiger partial charge >= 0.3 is 5.97 Å². The molecule has 0 radical (unpaired) electrons. The number of carboxylic acids is 1. The highest BCUT2D eigenvalue weighted by atomic mass is 16.4. The Morgan fingerprint density at radius 1 is 1.64 bits per heavy atom. The van der Waals surface area contributed by atoms with Crippen molar-refractivity contribution < 1.29 is 9.90 Å². The second kappa shape index (κ2) is 3.14. The molecule has 72 valence electrons. The van der Waals surface area contributed by atoms with E-state index in [2.05, 4.69) is 5.10 Å². The summed E-state index contributed by atoms with van der Waals surface area (Å²) in [6.45, 7) is 1.95. The summed E-state index contributed by atoms with van der Waals surface area (Å²) < 4.78 is 1.70. The van der Waals surface area contributed by atoms with Gasteiger partial charge in [0, 0.05) is 11.8 Å². The molecule has 0 fully saturated rings. The third kappa shape index (κ3) is 1.35. The second-order valence-electron chi connectivity index (χ2n) is 3.22. The maximum absolute atomic E-state index is 10.6. The Bertz CT molecular complexity index is 488. The molecule has 0 spiro atoms. The van der Waals surface area contributed by atoms with Crippen LogP contribution in [-0.2, 0) is 11.2 Å². The molecule has 0 aliphatic heterocycles. The van der Waals surface area contributed by atoms with Crippen molar-refractivity contribution in [1.29, 1.82) is 0 Å². The minimum Gasteiger partial charge on any atom is -0.481 e. The maximum atomic E-state index is 10.6. The van der Waals surface area contributed by atoms with Gasteiger partial charge in [0.25, 0.3) is 0 Å². The van der Waals surface area contributed by atoms with Gasteiger partial charge in [-0.3, -0.25) is 4.79 Å². The maximum Gasteiger partial charge on any atom is 0.307 e. The molecule has 0 saturated heterocycles. The van der Waals surface area contributed by atoms with Gasteiger partial charge in [-0.25, -0.2) is 4.52 Å². The van der Waals surface area contributed by atoms with Gasteiger partial charge in [-0.1, -0.05) is 6.07 Å². The van der Waals surface area contributed by atoms with Crippen LogP contribution in [-0.4, -0.2) is 20.7 Å². The fourth-order valence-corrected chi connectivity index (χ4v) is 1.58. The third-order valence-corrected chi connectivity index (χ3v) is 2.16. The normalized spacial score (nSPS) is 10.6. The van der Waals surface area contributed by atoms with Crippen LogP contribution in [0.5, 0.6) is 0 Å².